The zero-order chi connectivity index (χ0) is 19.7. The Bertz CT molecular complexity index is 913. The summed E-state index contributed by atoms with van der Waals surface area (Å²) in [6.45, 7) is -0.273. The Hall–Kier alpha value is -1.55. The van der Waals surface area contributed by atoms with Crippen molar-refractivity contribution in [1.29, 1.82) is 0 Å². The van der Waals surface area contributed by atoms with Crippen LogP contribution >= 0.6 is 23.2 Å². The predicted molar refractivity (Wildman–Crippen MR) is 88.9 cm³/mol. The molecular weight excluding hydrogens is 421 g/mol. The fourth-order valence-corrected chi connectivity index (χ4v) is 3.63. The van der Waals surface area contributed by atoms with Gasteiger partial charge >= 0.3 is 5.51 Å². The van der Waals surface area contributed by atoms with E-state index < -0.39 is 26.1 Å². The van der Waals surface area contributed by atoms with Crippen LogP contribution in [0, 0.1) is 5.82 Å². The summed E-state index contributed by atoms with van der Waals surface area (Å²) in [5, 5.41) is 2.22. The molecule has 0 fully saturated rings. The Balaban J connectivity index is 2.56. The number of alkyl halides is 3. The fraction of sp³-hybridized carbons (Fsp3) is 0.200. The van der Waals surface area contributed by atoms with Gasteiger partial charge in [0, 0.05) is 23.2 Å². The van der Waals surface area contributed by atoms with Gasteiger partial charge in [-0.3, -0.25) is 0 Å². The van der Waals surface area contributed by atoms with Gasteiger partial charge in [-0.1, -0.05) is 23.2 Å². The second-order valence-corrected chi connectivity index (χ2v) is 7.77. The summed E-state index contributed by atoms with van der Waals surface area (Å²) in [5.74, 6) is -0.909. The number of rotatable bonds is 5. The first-order valence-corrected chi connectivity index (χ1v) is 9.12. The number of sulfone groups is 1. The molecular formula is C15H11Cl2F4NO3S. The van der Waals surface area contributed by atoms with E-state index in [0.29, 0.717) is 0 Å². The van der Waals surface area contributed by atoms with E-state index in [0.717, 1.165) is 24.3 Å². The molecule has 0 radical (unpaired) electrons. The van der Waals surface area contributed by atoms with E-state index in [9.17, 15) is 26.0 Å². The van der Waals surface area contributed by atoms with Crippen molar-refractivity contribution < 1.29 is 30.7 Å². The van der Waals surface area contributed by atoms with Crippen molar-refractivity contribution in [3.8, 4) is 11.5 Å². The smallest absolute Gasteiger partial charge is 0.456 e. The van der Waals surface area contributed by atoms with Crippen molar-refractivity contribution in [1.82, 2.24) is 5.32 Å². The number of benzene rings is 2. The van der Waals surface area contributed by atoms with E-state index in [2.05, 4.69) is 5.32 Å². The average Bonchev–Trinajstić information content (AvgIpc) is 2.49. The third kappa shape index (κ3) is 4.22. The van der Waals surface area contributed by atoms with E-state index in [-0.39, 0.29) is 33.7 Å². The SMILES string of the molecule is CNCc1c(S(=O)(=O)C(F)(F)F)ccc(Oc2cc(F)cc(Cl)c2)c1Cl. The Labute approximate surface area is 156 Å². The molecule has 0 saturated heterocycles. The van der Waals surface area contributed by atoms with Crippen LogP contribution in [-0.2, 0) is 16.4 Å². The third-order valence-electron chi connectivity index (χ3n) is 3.18. The van der Waals surface area contributed by atoms with E-state index in [1.54, 1.807) is 0 Å². The molecule has 0 aliphatic rings. The van der Waals surface area contributed by atoms with Gasteiger partial charge in [-0.25, -0.2) is 12.8 Å². The lowest BCUT2D eigenvalue weighted by Gasteiger charge is -2.17. The topological polar surface area (TPSA) is 55.4 Å². The second-order valence-electron chi connectivity index (χ2n) is 5.04. The van der Waals surface area contributed by atoms with Crippen LogP contribution in [0.5, 0.6) is 11.5 Å². The largest absolute Gasteiger partial charge is 0.501 e. The molecule has 0 unspecified atom stereocenters. The Kier molecular flexibility index (Phi) is 6.06. The molecule has 0 aromatic heterocycles. The van der Waals surface area contributed by atoms with E-state index >= 15 is 0 Å². The highest BCUT2D eigenvalue weighted by Gasteiger charge is 2.48. The zero-order valence-electron chi connectivity index (χ0n) is 13.0. The molecule has 4 nitrogen and oxygen atoms in total. The highest BCUT2D eigenvalue weighted by Crippen LogP contribution is 2.40. The lowest BCUT2D eigenvalue weighted by Crippen LogP contribution is -2.25. The van der Waals surface area contributed by atoms with Gasteiger partial charge < -0.3 is 10.1 Å². The molecule has 142 valence electrons. The lowest BCUT2D eigenvalue weighted by atomic mass is 10.2. The molecule has 0 amide bonds. The summed E-state index contributed by atoms with van der Waals surface area (Å²) in [7, 11) is -4.21. The summed E-state index contributed by atoms with van der Waals surface area (Å²) < 4.78 is 80.8. The number of nitrogens with one attached hydrogen (secondary N) is 1. The Morgan fingerprint density at radius 3 is 2.35 bits per heavy atom. The molecule has 1 N–H and O–H groups in total. The van der Waals surface area contributed by atoms with Crippen molar-refractivity contribution in [2.45, 2.75) is 16.9 Å². The normalized spacial score (nSPS) is 12.3. The highest BCUT2D eigenvalue weighted by atomic mass is 35.5. The predicted octanol–water partition coefficient (Wildman–Crippen LogP) is 4.94. The van der Waals surface area contributed by atoms with Crippen LogP contribution in [0.1, 0.15) is 5.56 Å². The van der Waals surface area contributed by atoms with Gasteiger partial charge in [0.2, 0.25) is 0 Å². The van der Waals surface area contributed by atoms with Crippen molar-refractivity contribution in [3.05, 3.63) is 51.8 Å². The second kappa shape index (κ2) is 7.59. The molecule has 0 bridgehead atoms. The molecule has 0 aliphatic carbocycles. The minimum atomic E-state index is -5.62. The van der Waals surface area contributed by atoms with Crippen molar-refractivity contribution in [3.63, 3.8) is 0 Å². The number of hydrogen-bond donors (Lipinski definition) is 1. The van der Waals surface area contributed by atoms with Crippen LogP contribution in [0.4, 0.5) is 17.6 Å². The van der Waals surface area contributed by atoms with Gasteiger partial charge in [0.1, 0.15) is 17.3 Å². The molecule has 2 aromatic carbocycles. The third-order valence-corrected chi connectivity index (χ3v) is 5.38. The molecule has 11 heteroatoms. The van der Waals surface area contributed by atoms with Crippen LogP contribution in [0.25, 0.3) is 0 Å². The van der Waals surface area contributed by atoms with Gasteiger partial charge in [-0.2, -0.15) is 13.2 Å². The number of ether oxygens (including phenoxy) is 1. The standard InChI is InChI=1S/C15H11Cl2F4NO3S/c1-22-7-11-13(26(23,24)15(19,20)21)3-2-12(14(11)17)25-10-5-8(16)4-9(18)6-10/h2-6,22H,7H2,1H3. The molecule has 2 rings (SSSR count). The van der Waals surface area contributed by atoms with Crippen LogP contribution in [0.15, 0.2) is 35.2 Å². The molecule has 26 heavy (non-hydrogen) atoms. The molecule has 0 aliphatic heterocycles. The highest BCUT2D eigenvalue weighted by molar-refractivity contribution is 7.92. The minimum Gasteiger partial charge on any atom is -0.456 e. The molecule has 0 atom stereocenters. The van der Waals surface area contributed by atoms with Crippen LogP contribution < -0.4 is 10.1 Å². The molecule has 0 spiro atoms. The Morgan fingerprint density at radius 2 is 1.81 bits per heavy atom. The van der Waals surface area contributed by atoms with Gasteiger partial charge in [0.05, 0.1) is 9.92 Å². The van der Waals surface area contributed by atoms with E-state index in [4.69, 9.17) is 27.9 Å². The number of halogens is 6. The summed E-state index contributed by atoms with van der Waals surface area (Å²) in [5.41, 5.74) is -5.82. The monoisotopic (exact) mass is 431 g/mol. The Morgan fingerprint density at radius 1 is 1.15 bits per heavy atom. The van der Waals surface area contributed by atoms with Crippen LogP contribution in [0.2, 0.25) is 10.0 Å². The average molecular weight is 432 g/mol. The molecule has 0 heterocycles. The number of hydrogen-bond acceptors (Lipinski definition) is 4. The first-order valence-electron chi connectivity index (χ1n) is 6.88. The fourth-order valence-electron chi connectivity index (χ4n) is 2.09. The van der Waals surface area contributed by atoms with Crippen molar-refractivity contribution >= 4 is 33.0 Å². The maximum Gasteiger partial charge on any atom is 0.501 e. The summed E-state index contributed by atoms with van der Waals surface area (Å²) in [6.07, 6.45) is 0. The maximum atomic E-state index is 13.4. The van der Waals surface area contributed by atoms with Crippen LogP contribution in [-0.4, -0.2) is 21.0 Å². The van der Waals surface area contributed by atoms with Crippen molar-refractivity contribution in [2.75, 3.05) is 7.05 Å². The minimum absolute atomic E-state index is 0.0304. The quantitative estimate of drug-likeness (QED) is 0.681. The summed E-state index contributed by atoms with van der Waals surface area (Å²) in [4.78, 5) is -0.992. The zero-order valence-corrected chi connectivity index (χ0v) is 15.3. The van der Waals surface area contributed by atoms with E-state index in [1.165, 1.54) is 13.1 Å². The lowest BCUT2D eigenvalue weighted by molar-refractivity contribution is -0.0436. The van der Waals surface area contributed by atoms with Gasteiger partial charge in [0.15, 0.2) is 0 Å². The molecule has 0 saturated carbocycles. The first kappa shape index (κ1) is 20.8. The first-order chi connectivity index (χ1) is 12.0. The molecule has 2 aromatic rings. The van der Waals surface area contributed by atoms with Gasteiger partial charge in [-0.15, -0.1) is 0 Å². The van der Waals surface area contributed by atoms with Gasteiger partial charge in [0.25, 0.3) is 9.84 Å². The van der Waals surface area contributed by atoms with Crippen molar-refractivity contribution in [2.24, 2.45) is 0 Å². The van der Waals surface area contributed by atoms with Gasteiger partial charge in [-0.05, 0) is 31.3 Å². The van der Waals surface area contributed by atoms with E-state index in [1.807, 2.05) is 0 Å². The maximum absolute atomic E-state index is 13.4. The summed E-state index contributed by atoms with van der Waals surface area (Å²) in [6, 6.07) is 4.97. The van der Waals surface area contributed by atoms with Crippen LogP contribution in [0.3, 0.4) is 0 Å². The summed E-state index contributed by atoms with van der Waals surface area (Å²) >= 11 is 11.8.